The van der Waals surface area contributed by atoms with Crippen molar-refractivity contribution in [3.63, 3.8) is 0 Å². The average molecular weight is 448 g/mol. The van der Waals surface area contributed by atoms with Crippen LogP contribution in [0, 0.1) is 6.92 Å². The second-order valence-electron chi connectivity index (χ2n) is 9.48. The van der Waals surface area contributed by atoms with Gasteiger partial charge in [0.25, 0.3) is 0 Å². The van der Waals surface area contributed by atoms with Crippen LogP contribution in [0.25, 0.3) is 44.1 Å². The number of para-hydroxylation sites is 1. The zero-order valence-corrected chi connectivity index (χ0v) is 21.1. The molecular formula is C31H33N3. The van der Waals surface area contributed by atoms with Crippen molar-refractivity contribution < 1.29 is 0 Å². The summed E-state index contributed by atoms with van der Waals surface area (Å²) in [6, 6.07) is 29.1. The normalized spacial score (nSPS) is 11.4. The Morgan fingerprint density at radius 2 is 1.18 bits per heavy atom. The molecule has 0 unspecified atom stereocenters. The predicted molar refractivity (Wildman–Crippen MR) is 149 cm³/mol. The van der Waals surface area contributed by atoms with Gasteiger partial charge in [0.1, 0.15) is 0 Å². The van der Waals surface area contributed by atoms with Crippen LogP contribution in [0.5, 0.6) is 0 Å². The third kappa shape index (κ3) is 3.52. The summed E-state index contributed by atoms with van der Waals surface area (Å²) in [5.41, 5.74) is 11.5. The number of anilines is 2. The van der Waals surface area contributed by atoms with Gasteiger partial charge in [0.15, 0.2) is 0 Å². The van der Waals surface area contributed by atoms with E-state index in [1.165, 1.54) is 61.0 Å². The Balaban J connectivity index is 1.90. The van der Waals surface area contributed by atoms with Gasteiger partial charge in [-0.3, -0.25) is 0 Å². The van der Waals surface area contributed by atoms with Crippen LogP contribution in [-0.2, 0) is 6.54 Å². The SMILES string of the molecule is CCn1c2ccccc2c2cc(C)c(-c3ccc(N(C)C)cc3)c(-c3ccc(N(C)C)cc3)c21. The molecule has 0 aliphatic heterocycles. The first kappa shape index (κ1) is 22.1. The molecule has 0 aliphatic carbocycles. The van der Waals surface area contributed by atoms with E-state index in [2.05, 4.69) is 135 Å². The van der Waals surface area contributed by atoms with Gasteiger partial charge >= 0.3 is 0 Å². The maximum Gasteiger partial charge on any atom is 0.0577 e. The third-order valence-corrected chi connectivity index (χ3v) is 6.91. The maximum absolute atomic E-state index is 2.48. The largest absolute Gasteiger partial charge is 0.378 e. The van der Waals surface area contributed by atoms with E-state index in [1.54, 1.807) is 0 Å². The van der Waals surface area contributed by atoms with Crippen molar-refractivity contribution >= 4 is 33.2 Å². The lowest BCUT2D eigenvalue weighted by Gasteiger charge is -2.20. The highest BCUT2D eigenvalue weighted by Gasteiger charge is 2.21. The van der Waals surface area contributed by atoms with Crippen LogP contribution in [0.15, 0.2) is 78.9 Å². The molecule has 0 saturated carbocycles. The van der Waals surface area contributed by atoms with Gasteiger partial charge in [0.2, 0.25) is 0 Å². The Morgan fingerprint density at radius 1 is 0.647 bits per heavy atom. The van der Waals surface area contributed by atoms with Gasteiger partial charge in [-0.2, -0.15) is 0 Å². The second kappa shape index (κ2) is 8.57. The summed E-state index contributed by atoms with van der Waals surface area (Å²) in [5.74, 6) is 0. The Bertz CT molecular complexity index is 1470. The highest BCUT2D eigenvalue weighted by Crippen LogP contribution is 2.44. The summed E-state index contributed by atoms with van der Waals surface area (Å²) in [4.78, 5) is 4.30. The van der Waals surface area contributed by atoms with Gasteiger partial charge in [-0.15, -0.1) is 0 Å². The molecule has 3 heteroatoms. The molecule has 1 aromatic heterocycles. The molecule has 4 aromatic carbocycles. The lowest BCUT2D eigenvalue weighted by molar-refractivity contribution is 0.828. The van der Waals surface area contributed by atoms with E-state index in [9.17, 15) is 0 Å². The van der Waals surface area contributed by atoms with Gasteiger partial charge in [-0.25, -0.2) is 0 Å². The third-order valence-electron chi connectivity index (χ3n) is 6.91. The molecule has 0 bridgehead atoms. The van der Waals surface area contributed by atoms with Crippen molar-refractivity contribution in [2.45, 2.75) is 20.4 Å². The predicted octanol–water partition coefficient (Wildman–Crippen LogP) is 7.59. The van der Waals surface area contributed by atoms with E-state index in [0.717, 1.165) is 6.54 Å². The van der Waals surface area contributed by atoms with Gasteiger partial charge in [-0.1, -0.05) is 42.5 Å². The molecule has 5 rings (SSSR count). The number of hydrogen-bond acceptors (Lipinski definition) is 2. The van der Waals surface area contributed by atoms with E-state index in [4.69, 9.17) is 0 Å². The van der Waals surface area contributed by atoms with Gasteiger partial charge in [0, 0.05) is 68.0 Å². The summed E-state index contributed by atoms with van der Waals surface area (Å²) >= 11 is 0. The highest BCUT2D eigenvalue weighted by atomic mass is 15.1. The van der Waals surface area contributed by atoms with Gasteiger partial charge in [0.05, 0.1) is 5.52 Å². The van der Waals surface area contributed by atoms with Crippen molar-refractivity contribution in [3.05, 3.63) is 84.4 Å². The summed E-state index contributed by atoms with van der Waals surface area (Å²) in [6.45, 7) is 5.43. The van der Waals surface area contributed by atoms with Crippen molar-refractivity contribution in [2.75, 3.05) is 38.0 Å². The van der Waals surface area contributed by atoms with Crippen LogP contribution in [0.4, 0.5) is 11.4 Å². The van der Waals surface area contributed by atoms with Crippen LogP contribution in [-0.4, -0.2) is 32.8 Å². The topological polar surface area (TPSA) is 11.4 Å². The molecule has 34 heavy (non-hydrogen) atoms. The van der Waals surface area contributed by atoms with Crippen LogP contribution in [0.1, 0.15) is 12.5 Å². The van der Waals surface area contributed by atoms with E-state index in [1.807, 2.05) is 0 Å². The number of fused-ring (bicyclic) bond motifs is 3. The van der Waals surface area contributed by atoms with Gasteiger partial charge in [-0.05, 0) is 72.5 Å². The molecule has 0 atom stereocenters. The minimum Gasteiger partial charge on any atom is -0.378 e. The van der Waals surface area contributed by atoms with Crippen molar-refractivity contribution in [2.24, 2.45) is 0 Å². The molecule has 172 valence electrons. The van der Waals surface area contributed by atoms with Crippen molar-refractivity contribution in [1.29, 1.82) is 0 Å². The molecule has 0 spiro atoms. The number of hydrogen-bond donors (Lipinski definition) is 0. The quantitative estimate of drug-likeness (QED) is 0.275. The fourth-order valence-electron chi connectivity index (χ4n) is 5.18. The first-order chi connectivity index (χ1) is 16.4. The first-order valence-electron chi connectivity index (χ1n) is 12.0. The van der Waals surface area contributed by atoms with Crippen LogP contribution >= 0.6 is 0 Å². The second-order valence-corrected chi connectivity index (χ2v) is 9.48. The zero-order valence-electron chi connectivity index (χ0n) is 21.1. The molecule has 0 amide bonds. The molecule has 0 N–H and O–H groups in total. The van der Waals surface area contributed by atoms with E-state index in [0.29, 0.717) is 0 Å². The number of aryl methyl sites for hydroxylation is 2. The fraction of sp³-hybridized carbons (Fsp3) is 0.226. The van der Waals surface area contributed by atoms with Crippen molar-refractivity contribution in [3.8, 4) is 22.3 Å². The van der Waals surface area contributed by atoms with E-state index >= 15 is 0 Å². The number of rotatable bonds is 5. The fourth-order valence-corrected chi connectivity index (χ4v) is 5.18. The van der Waals surface area contributed by atoms with Crippen LogP contribution < -0.4 is 9.80 Å². The summed E-state index contributed by atoms with van der Waals surface area (Å²) in [7, 11) is 8.35. The molecule has 0 saturated heterocycles. The molecular weight excluding hydrogens is 414 g/mol. The number of aromatic nitrogens is 1. The van der Waals surface area contributed by atoms with Gasteiger partial charge < -0.3 is 14.4 Å². The molecule has 1 heterocycles. The number of nitrogens with zero attached hydrogens (tertiary/aromatic N) is 3. The van der Waals surface area contributed by atoms with Crippen molar-refractivity contribution in [1.82, 2.24) is 4.57 Å². The highest BCUT2D eigenvalue weighted by molar-refractivity contribution is 6.16. The molecule has 3 nitrogen and oxygen atoms in total. The molecule has 0 aliphatic rings. The van der Waals surface area contributed by atoms with Crippen LogP contribution in [0.3, 0.4) is 0 Å². The Morgan fingerprint density at radius 3 is 1.71 bits per heavy atom. The summed E-state index contributed by atoms with van der Waals surface area (Å²) < 4.78 is 2.48. The summed E-state index contributed by atoms with van der Waals surface area (Å²) in [5, 5.41) is 2.65. The minimum atomic E-state index is 0.925. The lowest BCUT2D eigenvalue weighted by atomic mass is 9.88. The Labute approximate surface area is 202 Å². The van der Waals surface area contributed by atoms with E-state index < -0.39 is 0 Å². The average Bonchev–Trinajstić information content (AvgIpc) is 3.16. The maximum atomic E-state index is 2.48. The van der Waals surface area contributed by atoms with Crippen LogP contribution in [0.2, 0.25) is 0 Å². The zero-order chi connectivity index (χ0) is 24.0. The molecule has 0 radical (unpaired) electrons. The van der Waals surface area contributed by atoms with E-state index in [-0.39, 0.29) is 0 Å². The lowest BCUT2D eigenvalue weighted by Crippen LogP contribution is -2.08. The standard InChI is InChI=1S/C31H33N3/c1-7-34-28-11-9-8-10-26(28)27-20-21(2)29(22-12-16-24(17-13-22)32(3)4)30(31(27)34)23-14-18-25(19-15-23)33(5)6/h8-20H,7H2,1-6H3. The Hall–Kier alpha value is -3.72. The minimum absolute atomic E-state index is 0.925. The summed E-state index contributed by atoms with van der Waals surface area (Å²) in [6.07, 6.45) is 0. The monoisotopic (exact) mass is 447 g/mol. The first-order valence-corrected chi connectivity index (χ1v) is 12.0. The number of benzene rings is 4. The molecule has 0 fully saturated rings. The molecule has 5 aromatic rings. The smallest absolute Gasteiger partial charge is 0.0577 e. The Kier molecular flexibility index (Phi) is 5.57.